The van der Waals surface area contributed by atoms with E-state index in [-0.39, 0.29) is 17.4 Å². The molecule has 8 heteroatoms. The predicted octanol–water partition coefficient (Wildman–Crippen LogP) is 1.29. The predicted molar refractivity (Wildman–Crippen MR) is 74.0 cm³/mol. The van der Waals surface area contributed by atoms with Gasteiger partial charge in [0.15, 0.2) is 0 Å². The number of nitrogens with zero attached hydrogens (tertiary/aromatic N) is 4. The van der Waals surface area contributed by atoms with Crippen molar-refractivity contribution in [3.05, 3.63) is 16.4 Å². The Hall–Kier alpha value is -1.96. The SMILES string of the molecule is CCNc1ncnc(OCCN2CCCC2)c1[N+](=O)[O-]. The van der Waals surface area contributed by atoms with Crippen LogP contribution in [-0.2, 0) is 0 Å². The van der Waals surface area contributed by atoms with Gasteiger partial charge in [-0.2, -0.15) is 4.98 Å². The van der Waals surface area contributed by atoms with Gasteiger partial charge in [-0.25, -0.2) is 4.98 Å². The van der Waals surface area contributed by atoms with E-state index in [1.54, 1.807) is 0 Å². The van der Waals surface area contributed by atoms with Crippen LogP contribution in [0.3, 0.4) is 0 Å². The maximum atomic E-state index is 11.1. The van der Waals surface area contributed by atoms with Crippen LogP contribution in [0.2, 0.25) is 0 Å². The third-order valence-corrected chi connectivity index (χ3v) is 3.16. The average molecular weight is 281 g/mol. The smallest absolute Gasteiger partial charge is 0.372 e. The van der Waals surface area contributed by atoms with Crippen molar-refractivity contribution < 1.29 is 9.66 Å². The van der Waals surface area contributed by atoms with Crippen molar-refractivity contribution in [1.82, 2.24) is 14.9 Å². The van der Waals surface area contributed by atoms with E-state index in [0.29, 0.717) is 13.2 Å². The van der Waals surface area contributed by atoms with Gasteiger partial charge in [-0.3, -0.25) is 15.0 Å². The van der Waals surface area contributed by atoms with Crippen LogP contribution in [-0.4, -0.2) is 52.6 Å². The quantitative estimate of drug-likeness (QED) is 0.594. The second-order valence-electron chi connectivity index (χ2n) is 4.56. The third-order valence-electron chi connectivity index (χ3n) is 3.16. The van der Waals surface area contributed by atoms with E-state index < -0.39 is 4.92 Å². The molecule has 1 aromatic rings. The maximum Gasteiger partial charge on any atom is 0.372 e. The number of nitrogens with one attached hydrogen (secondary N) is 1. The van der Waals surface area contributed by atoms with Crippen molar-refractivity contribution in [1.29, 1.82) is 0 Å². The van der Waals surface area contributed by atoms with Gasteiger partial charge in [0, 0.05) is 13.1 Å². The van der Waals surface area contributed by atoms with Gasteiger partial charge < -0.3 is 10.1 Å². The molecule has 0 atom stereocenters. The number of nitro groups is 1. The first kappa shape index (κ1) is 14.4. The zero-order chi connectivity index (χ0) is 14.4. The van der Waals surface area contributed by atoms with Gasteiger partial charge in [-0.1, -0.05) is 0 Å². The average Bonchev–Trinajstić information content (AvgIpc) is 2.92. The van der Waals surface area contributed by atoms with Gasteiger partial charge >= 0.3 is 5.69 Å². The van der Waals surface area contributed by atoms with Crippen LogP contribution in [0.4, 0.5) is 11.5 Å². The molecule has 2 rings (SSSR count). The monoisotopic (exact) mass is 281 g/mol. The van der Waals surface area contributed by atoms with E-state index in [9.17, 15) is 10.1 Å². The van der Waals surface area contributed by atoms with E-state index in [0.717, 1.165) is 19.6 Å². The molecule has 8 nitrogen and oxygen atoms in total. The first-order valence-electron chi connectivity index (χ1n) is 6.80. The zero-order valence-corrected chi connectivity index (χ0v) is 11.5. The number of aromatic nitrogens is 2. The highest BCUT2D eigenvalue weighted by Gasteiger charge is 2.24. The molecule has 1 aromatic heterocycles. The fourth-order valence-corrected chi connectivity index (χ4v) is 2.21. The van der Waals surface area contributed by atoms with Crippen LogP contribution < -0.4 is 10.1 Å². The highest BCUT2D eigenvalue weighted by atomic mass is 16.6. The summed E-state index contributed by atoms with van der Waals surface area (Å²) < 4.78 is 5.47. The van der Waals surface area contributed by atoms with Crippen LogP contribution >= 0.6 is 0 Å². The summed E-state index contributed by atoms with van der Waals surface area (Å²) in [4.78, 5) is 20.7. The second kappa shape index (κ2) is 6.99. The fourth-order valence-electron chi connectivity index (χ4n) is 2.21. The molecule has 0 aliphatic carbocycles. The van der Waals surface area contributed by atoms with Crippen LogP contribution in [0.15, 0.2) is 6.33 Å². The zero-order valence-electron chi connectivity index (χ0n) is 11.5. The van der Waals surface area contributed by atoms with E-state index >= 15 is 0 Å². The highest BCUT2D eigenvalue weighted by Crippen LogP contribution is 2.30. The Morgan fingerprint density at radius 3 is 2.85 bits per heavy atom. The van der Waals surface area contributed by atoms with E-state index in [4.69, 9.17) is 4.74 Å². The molecule has 0 unspecified atom stereocenters. The van der Waals surface area contributed by atoms with Crippen LogP contribution in [0.25, 0.3) is 0 Å². The lowest BCUT2D eigenvalue weighted by Gasteiger charge is -2.14. The maximum absolute atomic E-state index is 11.1. The number of ether oxygens (including phenoxy) is 1. The Labute approximate surface area is 117 Å². The lowest BCUT2D eigenvalue weighted by atomic mass is 10.4. The molecule has 0 saturated carbocycles. The van der Waals surface area contributed by atoms with Crippen molar-refractivity contribution in [2.24, 2.45) is 0 Å². The molecule has 0 radical (unpaired) electrons. The summed E-state index contributed by atoms with van der Waals surface area (Å²) in [6, 6.07) is 0. The second-order valence-corrected chi connectivity index (χ2v) is 4.56. The first-order valence-corrected chi connectivity index (χ1v) is 6.80. The summed E-state index contributed by atoms with van der Waals surface area (Å²) in [6.45, 7) is 5.68. The molecular weight excluding hydrogens is 262 g/mol. The standard InChI is InChI=1S/C12H19N5O3/c1-2-13-11-10(17(18)19)12(15-9-14-11)20-8-7-16-5-3-4-6-16/h9H,2-8H2,1H3,(H,13,14,15). The van der Waals surface area contributed by atoms with Gasteiger partial charge in [-0.15, -0.1) is 0 Å². The summed E-state index contributed by atoms with van der Waals surface area (Å²) in [5.74, 6) is 0.226. The summed E-state index contributed by atoms with van der Waals surface area (Å²) in [6.07, 6.45) is 3.69. The van der Waals surface area contributed by atoms with Crippen LogP contribution in [0.5, 0.6) is 5.88 Å². The summed E-state index contributed by atoms with van der Waals surface area (Å²) >= 11 is 0. The van der Waals surface area contributed by atoms with Gasteiger partial charge in [0.1, 0.15) is 12.9 Å². The lowest BCUT2D eigenvalue weighted by Crippen LogP contribution is -2.25. The Morgan fingerprint density at radius 1 is 1.45 bits per heavy atom. The number of likely N-dealkylation sites (tertiary alicyclic amines) is 1. The van der Waals surface area contributed by atoms with Gasteiger partial charge in [0.2, 0.25) is 5.82 Å². The molecule has 1 aliphatic heterocycles. The third kappa shape index (κ3) is 3.53. The molecule has 0 aromatic carbocycles. The van der Waals surface area contributed by atoms with Crippen molar-refractivity contribution >= 4 is 11.5 Å². The minimum absolute atomic E-state index is 0.0279. The number of hydrogen-bond donors (Lipinski definition) is 1. The minimum atomic E-state index is -0.511. The summed E-state index contributed by atoms with van der Waals surface area (Å²) in [5, 5.41) is 14.0. The van der Waals surface area contributed by atoms with Crippen molar-refractivity contribution in [2.45, 2.75) is 19.8 Å². The molecule has 1 saturated heterocycles. The molecule has 1 N–H and O–H groups in total. The topological polar surface area (TPSA) is 93.4 Å². The van der Waals surface area contributed by atoms with E-state index in [1.807, 2.05) is 6.92 Å². The minimum Gasteiger partial charge on any atom is -0.471 e. The molecule has 0 spiro atoms. The molecule has 110 valence electrons. The molecule has 0 bridgehead atoms. The summed E-state index contributed by atoms with van der Waals surface area (Å²) in [5.41, 5.74) is -0.198. The van der Waals surface area contributed by atoms with Gasteiger partial charge in [0.05, 0.1) is 4.92 Å². The number of anilines is 1. The fraction of sp³-hybridized carbons (Fsp3) is 0.667. The van der Waals surface area contributed by atoms with E-state index in [1.165, 1.54) is 19.2 Å². The largest absolute Gasteiger partial charge is 0.471 e. The molecule has 1 aliphatic rings. The normalized spacial score (nSPS) is 15.2. The molecule has 0 amide bonds. The molecular formula is C12H19N5O3. The van der Waals surface area contributed by atoms with Crippen molar-refractivity contribution in [3.8, 4) is 5.88 Å². The van der Waals surface area contributed by atoms with Crippen LogP contribution in [0, 0.1) is 10.1 Å². The number of hydrogen-bond acceptors (Lipinski definition) is 7. The Kier molecular flexibility index (Phi) is 5.05. The lowest BCUT2D eigenvalue weighted by molar-refractivity contribution is -0.385. The molecule has 2 heterocycles. The van der Waals surface area contributed by atoms with Crippen molar-refractivity contribution in [3.63, 3.8) is 0 Å². The van der Waals surface area contributed by atoms with Crippen molar-refractivity contribution in [2.75, 3.05) is 38.1 Å². The first-order chi connectivity index (χ1) is 9.72. The van der Waals surface area contributed by atoms with Gasteiger partial charge in [0.25, 0.3) is 5.88 Å². The van der Waals surface area contributed by atoms with Gasteiger partial charge in [-0.05, 0) is 32.9 Å². The Bertz CT molecular complexity index is 462. The summed E-state index contributed by atoms with van der Waals surface area (Å²) in [7, 11) is 0. The number of rotatable bonds is 7. The molecule has 1 fully saturated rings. The Morgan fingerprint density at radius 2 is 2.20 bits per heavy atom. The van der Waals surface area contributed by atoms with E-state index in [2.05, 4.69) is 20.2 Å². The van der Waals surface area contributed by atoms with Crippen LogP contribution in [0.1, 0.15) is 19.8 Å². The highest BCUT2D eigenvalue weighted by molar-refractivity contribution is 5.60. The Balaban J connectivity index is 2.01. The molecule has 20 heavy (non-hydrogen) atoms.